The topological polar surface area (TPSA) is 202 Å². The van der Waals surface area contributed by atoms with Crippen LogP contribution in [-0.2, 0) is 28.5 Å². The van der Waals surface area contributed by atoms with Crippen molar-refractivity contribution in [1.82, 2.24) is 20.6 Å². The molecule has 5 N–H and O–H groups in total. The van der Waals surface area contributed by atoms with Gasteiger partial charge in [-0.05, 0) is 79.4 Å². The number of anilines is 1. The fourth-order valence-corrected chi connectivity index (χ4v) is 4.55. The molecule has 4 heterocycles. The van der Waals surface area contributed by atoms with E-state index in [1.165, 1.54) is 7.11 Å². The van der Waals surface area contributed by atoms with Crippen LogP contribution in [0.5, 0.6) is 5.88 Å². The van der Waals surface area contributed by atoms with Crippen LogP contribution < -0.4 is 26.4 Å². The first kappa shape index (κ1) is 36.2. The molecule has 0 unspecified atom stereocenters. The van der Waals surface area contributed by atoms with Gasteiger partial charge in [0.15, 0.2) is 0 Å². The zero-order valence-corrected chi connectivity index (χ0v) is 27.5. The van der Waals surface area contributed by atoms with Gasteiger partial charge in [-0.15, -0.1) is 0 Å². The summed E-state index contributed by atoms with van der Waals surface area (Å²) in [7, 11) is 1.53. The van der Waals surface area contributed by atoms with E-state index >= 15 is 0 Å². The second-order valence-corrected chi connectivity index (χ2v) is 13.0. The lowest BCUT2D eigenvalue weighted by molar-refractivity contribution is -0.133. The highest BCUT2D eigenvalue weighted by Crippen LogP contribution is 2.24. The molecule has 0 radical (unpaired) electrons. The number of primary amides is 1. The van der Waals surface area contributed by atoms with Gasteiger partial charge in [-0.1, -0.05) is 0 Å². The average molecular weight is 647 g/mol. The molecule has 2 saturated heterocycles. The SMILES string of the molecule is CC(C)(C)OC(=O)N[C@@H]1CC[C@@H](C(N)=O)OC1.COc1ccc2nccc(NC(=O)[C@@H]3CC[C@@H](NC(=O)OC(C)(C)C)CO3)c2n1. The minimum absolute atomic E-state index is 0.125. The number of carbonyl (C=O) groups is 4. The van der Waals surface area contributed by atoms with E-state index in [1.54, 1.807) is 65.9 Å². The average Bonchev–Trinajstić information content (AvgIpc) is 2.96. The largest absolute Gasteiger partial charge is 0.481 e. The Balaban J connectivity index is 0.000000289. The normalized spacial score (nSPS) is 21.5. The summed E-state index contributed by atoms with van der Waals surface area (Å²) in [6.45, 7) is 11.3. The molecule has 0 aromatic carbocycles. The van der Waals surface area contributed by atoms with Gasteiger partial charge >= 0.3 is 12.2 Å². The summed E-state index contributed by atoms with van der Waals surface area (Å²) in [5.74, 6) is -0.287. The van der Waals surface area contributed by atoms with Crippen LogP contribution in [0.2, 0.25) is 0 Å². The highest BCUT2D eigenvalue weighted by atomic mass is 16.6. The van der Waals surface area contributed by atoms with Gasteiger partial charge < -0.3 is 45.4 Å². The van der Waals surface area contributed by atoms with Crippen molar-refractivity contribution in [3.05, 3.63) is 24.4 Å². The molecule has 0 bridgehead atoms. The Hall–Kier alpha value is -4.24. The Labute approximate surface area is 268 Å². The second kappa shape index (κ2) is 15.9. The molecular formula is C31H46N6O9. The van der Waals surface area contributed by atoms with Crippen molar-refractivity contribution in [2.75, 3.05) is 25.6 Å². The molecule has 46 heavy (non-hydrogen) atoms. The molecule has 2 aliphatic rings. The van der Waals surface area contributed by atoms with Crippen LogP contribution in [0.25, 0.3) is 11.0 Å². The molecule has 2 aliphatic heterocycles. The summed E-state index contributed by atoms with van der Waals surface area (Å²) >= 11 is 0. The second-order valence-electron chi connectivity index (χ2n) is 13.0. The molecule has 4 amide bonds. The van der Waals surface area contributed by atoms with E-state index in [4.69, 9.17) is 29.4 Å². The van der Waals surface area contributed by atoms with Crippen LogP contribution in [0.1, 0.15) is 67.2 Å². The number of amides is 4. The summed E-state index contributed by atoms with van der Waals surface area (Å²) in [6.07, 6.45) is 1.78. The molecule has 254 valence electrons. The molecule has 15 nitrogen and oxygen atoms in total. The minimum atomic E-state index is -0.611. The molecule has 2 aromatic heterocycles. The lowest BCUT2D eigenvalue weighted by Gasteiger charge is -2.29. The van der Waals surface area contributed by atoms with Crippen molar-refractivity contribution in [2.24, 2.45) is 5.73 Å². The monoisotopic (exact) mass is 646 g/mol. The fourth-order valence-electron chi connectivity index (χ4n) is 4.55. The maximum atomic E-state index is 12.7. The fraction of sp³-hybridized carbons (Fsp3) is 0.613. The van der Waals surface area contributed by atoms with Crippen LogP contribution >= 0.6 is 0 Å². The van der Waals surface area contributed by atoms with Crippen LogP contribution in [0.4, 0.5) is 15.3 Å². The number of fused-ring (bicyclic) bond motifs is 1. The predicted molar refractivity (Wildman–Crippen MR) is 168 cm³/mol. The number of pyridine rings is 2. The van der Waals surface area contributed by atoms with E-state index in [0.717, 1.165) is 0 Å². The summed E-state index contributed by atoms with van der Waals surface area (Å²) in [5, 5.41) is 8.33. The number of hydrogen-bond donors (Lipinski definition) is 4. The quantitative estimate of drug-likeness (QED) is 0.359. The molecule has 4 rings (SSSR count). The number of nitrogens with one attached hydrogen (secondary N) is 3. The van der Waals surface area contributed by atoms with Gasteiger partial charge in [0.1, 0.15) is 28.9 Å². The summed E-state index contributed by atoms with van der Waals surface area (Å²) < 4.78 is 26.4. The molecule has 0 aliphatic carbocycles. The number of hydrogen-bond acceptors (Lipinski definition) is 11. The highest BCUT2D eigenvalue weighted by molar-refractivity contribution is 6.01. The number of ether oxygens (including phenoxy) is 5. The van der Waals surface area contributed by atoms with E-state index in [2.05, 4.69) is 25.9 Å². The van der Waals surface area contributed by atoms with Crippen molar-refractivity contribution >= 4 is 40.7 Å². The molecule has 15 heteroatoms. The van der Waals surface area contributed by atoms with Gasteiger partial charge in [0.05, 0.1) is 43.6 Å². The van der Waals surface area contributed by atoms with Crippen LogP contribution in [0.3, 0.4) is 0 Å². The number of carbonyl (C=O) groups excluding carboxylic acids is 4. The molecule has 2 aromatic rings. The molecule has 0 saturated carbocycles. The van der Waals surface area contributed by atoms with Crippen molar-refractivity contribution in [1.29, 1.82) is 0 Å². The number of methoxy groups -OCH3 is 1. The summed E-state index contributed by atoms with van der Waals surface area (Å²) in [6, 6.07) is 4.86. The van der Waals surface area contributed by atoms with E-state index < -0.39 is 41.5 Å². The first-order valence-corrected chi connectivity index (χ1v) is 15.1. The number of aromatic nitrogens is 2. The minimum Gasteiger partial charge on any atom is -0.481 e. The first-order valence-electron chi connectivity index (χ1n) is 15.1. The van der Waals surface area contributed by atoms with E-state index in [-0.39, 0.29) is 31.2 Å². The number of nitrogens with zero attached hydrogens (tertiary/aromatic N) is 2. The van der Waals surface area contributed by atoms with Crippen LogP contribution in [0, 0.1) is 0 Å². The molecule has 2 fully saturated rings. The predicted octanol–water partition coefficient (Wildman–Crippen LogP) is 3.19. The lowest BCUT2D eigenvalue weighted by atomic mass is 10.0. The Morgan fingerprint density at radius 3 is 1.83 bits per heavy atom. The maximum absolute atomic E-state index is 12.7. The van der Waals surface area contributed by atoms with Gasteiger partial charge in [0, 0.05) is 12.3 Å². The highest BCUT2D eigenvalue weighted by Gasteiger charge is 2.30. The van der Waals surface area contributed by atoms with Gasteiger partial charge in [0.25, 0.3) is 5.91 Å². The standard InChI is InChI=1S/C20H26N4O5.C11H20N2O4/c1-20(2,3)29-19(26)22-12-5-7-15(28-11-12)18(25)23-14-9-10-21-13-6-8-16(27-4)24-17(13)14;1-11(2,3)17-10(15)13-7-4-5-8(9(12)14)16-6-7/h6,8-10,12,15H,5,7,11H2,1-4H3,(H,22,26)(H,21,23,25);7-8H,4-6H2,1-3H3,(H2,12,14)(H,13,15)/t12-,15+;7-,8+/m11/s1. The maximum Gasteiger partial charge on any atom is 0.407 e. The van der Waals surface area contributed by atoms with Crippen molar-refractivity contribution < 1.29 is 42.9 Å². The van der Waals surface area contributed by atoms with Crippen molar-refractivity contribution in [3.63, 3.8) is 0 Å². The van der Waals surface area contributed by atoms with Crippen molar-refractivity contribution in [3.8, 4) is 5.88 Å². The Kier molecular flexibility index (Phi) is 12.5. The Bertz CT molecular complexity index is 1360. The van der Waals surface area contributed by atoms with Crippen LogP contribution in [-0.4, -0.2) is 89.8 Å². The molecule has 0 spiro atoms. The zero-order chi connectivity index (χ0) is 34.1. The molecular weight excluding hydrogens is 600 g/mol. The molecule has 4 atom stereocenters. The third-order valence-electron chi connectivity index (χ3n) is 6.63. The zero-order valence-electron chi connectivity index (χ0n) is 27.5. The van der Waals surface area contributed by atoms with Gasteiger partial charge in [0.2, 0.25) is 11.8 Å². The Morgan fingerprint density at radius 2 is 1.37 bits per heavy atom. The summed E-state index contributed by atoms with van der Waals surface area (Å²) in [4.78, 5) is 55.5. The van der Waals surface area contributed by atoms with Crippen molar-refractivity contribution in [2.45, 2.75) is 103 Å². The number of rotatable bonds is 6. The summed E-state index contributed by atoms with van der Waals surface area (Å²) in [5.41, 5.74) is 5.77. The van der Waals surface area contributed by atoms with Crippen LogP contribution in [0.15, 0.2) is 24.4 Å². The Morgan fingerprint density at radius 1 is 0.826 bits per heavy atom. The smallest absolute Gasteiger partial charge is 0.407 e. The third-order valence-corrected chi connectivity index (χ3v) is 6.63. The first-order chi connectivity index (χ1) is 21.5. The van der Waals surface area contributed by atoms with Gasteiger partial charge in [-0.3, -0.25) is 14.6 Å². The van der Waals surface area contributed by atoms with Gasteiger partial charge in [-0.25, -0.2) is 14.6 Å². The van der Waals surface area contributed by atoms with Gasteiger partial charge in [-0.2, -0.15) is 0 Å². The number of alkyl carbamates (subject to hydrolysis) is 2. The number of nitrogens with two attached hydrogens (primary N) is 1. The third kappa shape index (κ3) is 11.9. The van der Waals surface area contributed by atoms with E-state index in [0.29, 0.717) is 48.3 Å². The van der Waals surface area contributed by atoms with E-state index in [1.807, 2.05) is 0 Å². The van der Waals surface area contributed by atoms with E-state index in [9.17, 15) is 19.2 Å². The lowest BCUT2D eigenvalue weighted by Crippen LogP contribution is -2.47.